The number of rotatable bonds is 2. The van der Waals surface area contributed by atoms with E-state index in [-0.39, 0.29) is 11.2 Å². The van der Waals surface area contributed by atoms with Crippen molar-refractivity contribution in [2.24, 2.45) is 0 Å². The van der Waals surface area contributed by atoms with E-state index in [0.29, 0.717) is 17.1 Å². The second-order valence-electron chi connectivity index (χ2n) is 5.47. The summed E-state index contributed by atoms with van der Waals surface area (Å²) in [6, 6.07) is 10.1. The first-order valence-electron chi connectivity index (χ1n) is 6.99. The van der Waals surface area contributed by atoms with Crippen molar-refractivity contribution in [3.8, 4) is 11.1 Å². The van der Waals surface area contributed by atoms with Crippen LogP contribution in [0.1, 0.15) is 11.4 Å². The van der Waals surface area contributed by atoms with Crippen LogP contribution in [0.25, 0.3) is 16.8 Å². The molecule has 2 heterocycles. The predicted molar refractivity (Wildman–Crippen MR) is 82.5 cm³/mol. The van der Waals surface area contributed by atoms with Crippen molar-refractivity contribution in [2.45, 2.75) is 13.1 Å². The van der Waals surface area contributed by atoms with Crippen LogP contribution in [-0.4, -0.2) is 28.7 Å². The number of anilines is 1. The second kappa shape index (κ2) is 5.26. The van der Waals surface area contributed by atoms with E-state index in [1.54, 1.807) is 62.3 Å². The maximum Gasteiger partial charge on any atom is 0.435 e. The fraction of sp³-hybridized carbons (Fsp3) is 0.250. The molecule has 3 aromatic rings. The largest absolute Gasteiger partial charge is 0.435 e. The summed E-state index contributed by atoms with van der Waals surface area (Å²) < 4.78 is 41.7. The molecule has 0 radical (unpaired) electrons. The van der Waals surface area contributed by atoms with Gasteiger partial charge in [-0.15, -0.1) is 0 Å². The van der Waals surface area contributed by atoms with Gasteiger partial charge in [0.15, 0.2) is 11.3 Å². The zero-order valence-corrected chi connectivity index (χ0v) is 12.9. The van der Waals surface area contributed by atoms with Gasteiger partial charge < -0.3 is 4.90 Å². The molecule has 23 heavy (non-hydrogen) atoms. The summed E-state index contributed by atoms with van der Waals surface area (Å²) in [4.78, 5) is 6.01. The normalized spacial score (nSPS) is 11.9. The van der Waals surface area contributed by atoms with E-state index in [1.807, 2.05) is 0 Å². The molecule has 0 amide bonds. The number of nitrogens with zero attached hydrogens (tertiary/aromatic N) is 4. The molecule has 0 aliphatic carbocycles. The van der Waals surface area contributed by atoms with Gasteiger partial charge >= 0.3 is 6.18 Å². The van der Waals surface area contributed by atoms with E-state index in [2.05, 4.69) is 10.1 Å². The molecule has 0 unspecified atom stereocenters. The Morgan fingerprint density at radius 3 is 2.30 bits per heavy atom. The Morgan fingerprint density at radius 2 is 1.74 bits per heavy atom. The topological polar surface area (TPSA) is 33.4 Å². The molecule has 0 aliphatic heterocycles. The van der Waals surface area contributed by atoms with Gasteiger partial charge in [-0.3, -0.25) is 0 Å². The van der Waals surface area contributed by atoms with Crippen LogP contribution in [0.5, 0.6) is 0 Å². The molecule has 2 aromatic heterocycles. The third-order valence-electron chi connectivity index (χ3n) is 3.49. The van der Waals surface area contributed by atoms with Crippen molar-refractivity contribution in [1.29, 1.82) is 0 Å². The average Bonchev–Trinajstić information content (AvgIpc) is 2.86. The quantitative estimate of drug-likeness (QED) is 0.720. The number of hydrogen-bond acceptors (Lipinski definition) is 3. The molecule has 0 saturated carbocycles. The molecule has 0 N–H and O–H groups in total. The van der Waals surface area contributed by atoms with Gasteiger partial charge in [0.2, 0.25) is 0 Å². The first kappa shape index (κ1) is 15.3. The Kier molecular flexibility index (Phi) is 3.50. The fourth-order valence-corrected chi connectivity index (χ4v) is 2.51. The third kappa shape index (κ3) is 2.62. The Hall–Kier alpha value is -2.57. The summed E-state index contributed by atoms with van der Waals surface area (Å²) in [7, 11) is 3.51. The molecule has 0 fully saturated rings. The highest BCUT2D eigenvalue weighted by Crippen LogP contribution is 2.39. The number of hydrogen-bond donors (Lipinski definition) is 0. The average molecular weight is 320 g/mol. The fourth-order valence-electron chi connectivity index (χ4n) is 2.51. The summed E-state index contributed by atoms with van der Waals surface area (Å²) in [6.45, 7) is 1.75. The lowest BCUT2D eigenvalue weighted by Gasteiger charge is -2.14. The summed E-state index contributed by atoms with van der Waals surface area (Å²) in [5, 5.41) is 3.81. The summed E-state index contributed by atoms with van der Waals surface area (Å²) >= 11 is 0. The van der Waals surface area contributed by atoms with Crippen molar-refractivity contribution < 1.29 is 13.2 Å². The second-order valence-corrected chi connectivity index (χ2v) is 5.47. The highest BCUT2D eigenvalue weighted by atomic mass is 19.4. The smallest absolute Gasteiger partial charge is 0.363 e. The Balaban J connectivity index is 2.45. The van der Waals surface area contributed by atoms with Gasteiger partial charge in [0.05, 0.1) is 5.56 Å². The van der Waals surface area contributed by atoms with Gasteiger partial charge in [-0.25, -0.2) is 4.98 Å². The summed E-state index contributed by atoms with van der Waals surface area (Å²) in [5.74, 6) is 0.542. The molecule has 0 atom stereocenters. The van der Waals surface area contributed by atoms with Crippen molar-refractivity contribution >= 4 is 11.5 Å². The standard InChI is InChI=1S/C16H15F3N4/c1-10-9-12(22(2)3)23-15(20-10)13(11-7-5-4-6-8-11)14(21-23)16(17,18)19/h4-9H,1-3H3. The molecule has 0 aliphatic rings. The molecule has 0 spiro atoms. The van der Waals surface area contributed by atoms with Crippen LogP contribution in [0.2, 0.25) is 0 Å². The van der Waals surface area contributed by atoms with Gasteiger partial charge in [-0.05, 0) is 12.5 Å². The van der Waals surface area contributed by atoms with Crippen LogP contribution >= 0.6 is 0 Å². The molecule has 4 nitrogen and oxygen atoms in total. The van der Waals surface area contributed by atoms with E-state index >= 15 is 0 Å². The Bertz CT molecular complexity index is 851. The minimum Gasteiger partial charge on any atom is -0.363 e. The van der Waals surface area contributed by atoms with E-state index in [4.69, 9.17) is 0 Å². The molecular weight excluding hydrogens is 305 g/mol. The lowest BCUT2D eigenvalue weighted by molar-refractivity contribution is -0.140. The Labute approximate surface area is 131 Å². The molecule has 3 rings (SSSR count). The SMILES string of the molecule is Cc1cc(N(C)C)n2nc(C(F)(F)F)c(-c3ccccc3)c2n1. The molecular formula is C16H15F3N4. The third-order valence-corrected chi connectivity index (χ3v) is 3.49. The zero-order chi connectivity index (χ0) is 16.8. The molecule has 7 heteroatoms. The first-order valence-corrected chi connectivity index (χ1v) is 6.99. The van der Waals surface area contributed by atoms with Gasteiger partial charge in [-0.2, -0.15) is 22.8 Å². The first-order chi connectivity index (χ1) is 10.8. The molecule has 120 valence electrons. The van der Waals surface area contributed by atoms with Gasteiger partial charge in [-0.1, -0.05) is 30.3 Å². The van der Waals surface area contributed by atoms with Crippen molar-refractivity contribution in [1.82, 2.24) is 14.6 Å². The van der Waals surface area contributed by atoms with Gasteiger partial charge in [0, 0.05) is 25.9 Å². The maximum atomic E-state index is 13.5. The minimum atomic E-state index is -4.56. The number of aryl methyl sites for hydroxylation is 1. The van der Waals surface area contributed by atoms with E-state index in [9.17, 15) is 13.2 Å². The molecule has 1 aromatic carbocycles. The number of halogens is 3. The van der Waals surface area contributed by atoms with Crippen LogP contribution in [-0.2, 0) is 6.18 Å². The van der Waals surface area contributed by atoms with Gasteiger partial charge in [0.25, 0.3) is 0 Å². The maximum absolute atomic E-state index is 13.5. The lowest BCUT2D eigenvalue weighted by Crippen LogP contribution is -2.15. The van der Waals surface area contributed by atoms with Gasteiger partial charge in [0.1, 0.15) is 5.82 Å². The van der Waals surface area contributed by atoms with Crippen LogP contribution in [0.3, 0.4) is 0 Å². The zero-order valence-electron chi connectivity index (χ0n) is 12.9. The van der Waals surface area contributed by atoms with E-state index < -0.39 is 11.9 Å². The van der Waals surface area contributed by atoms with Crippen LogP contribution in [0, 0.1) is 6.92 Å². The highest BCUT2D eigenvalue weighted by Gasteiger charge is 2.39. The number of benzene rings is 1. The Morgan fingerprint density at radius 1 is 1.09 bits per heavy atom. The van der Waals surface area contributed by atoms with Crippen LogP contribution in [0.4, 0.5) is 19.0 Å². The minimum absolute atomic E-state index is 0.00454. The number of aromatic nitrogens is 3. The van der Waals surface area contributed by atoms with Crippen LogP contribution in [0.15, 0.2) is 36.4 Å². The lowest BCUT2D eigenvalue weighted by atomic mass is 10.1. The highest BCUT2D eigenvalue weighted by molar-refractivity contribution is 5.81. The number of alkyl halides is 3. The molecule has 0 saturated heterocycles. The monoisotopic (exact) mass is 320 g/mol. The van der Waals surface area contributed by atoms with Crippen molar-refractivity contribution in [3.63, 3.8) is 0 Å². The predicted octanol–water partition coefficient (Wildman–Crippen LogP) is 3.79. The summed E-state index contributed by atoms with van der Waals surface area (Å²) in [6.07, 6.45) is -4.56. The molecule has 0 bridgehead atoms. The number of fused-ring (bicyclic) bond motifs is 1. The summed E-state index contributed by atoms with van der Waals surface area (Å²) in [5.41, 5.74) is 0.353. The van der Waals surface area contributed by atoms with Crippen molar-refractivity contribution in [3.05, 3.63) is 47.8 Å². The van der Waals surface area contributed by atoms with Crippen molar-refractivity contribution in [2.75, 3.05) is 19.0 Å². The van der Waals surface area contributed by atoms with E-state index in [1.165, 1.54) is 4.52 Å². The van der Waals surface area contributed by atoms with Crippen LogP contribution < -0.4 is 4.90 Å². The van der Waals surface area contributed by atoms with E-state index in [0.717, 1.165) is 0 Å².